The molecule has 100 valence electrons. The van der Waals surface area contributed by atoms with Crippen LogP contribution >= 0.6 is 15.9 Å². The minimum absolute atomic E-state index is 0.347. The fraction of sp³-hybridized carbons (Fsp3) is 0.286. The number of alkyl halides is 1. The zero-order valence-corrected chi connectivity index (χ0v) is 12.3. The van der Waals surface area contributed by atoms with E-state index in [2.05, 4.69) is 20.9 Å². The molecular weight excluding hydrogens is 308 g/mol. The van der Waals surface area contributed by atoms with Crippen LogP contribution in [0.4, 0.5) is 4.79 Å². The van der Waals surface area contributed by atoms with Gasteiger partial charge in [-0.3, -0.25) is 0 Å². The molecule has 2 rings (SSSR count). The molecule has 0 radical (unpaired) electrons. The van der Waals surface area contributed by atoms with Crippen molar-refractivity contribution < 1.29 is 9.53 Å². The lowest BCUT2D eigenvalue weighted by atomic mass is 10.0. The molecule has 0 atom stereocenters. The minimum atomic E-state index is -0.399. The van der Waals surface area contributed by atoms with Gasteiger partial charge in [0.1, 0.15) is 5.82 Å². The molecule has 1 aromatic carbocycles. The van der Waals surface area contributed by atoms with E-state index < -0.39 is 6.09 Å². The van der Waals surface area contributed by atoms with Crippen molar-refractivity contribution in [2.45, 2.75) is 13.3 Å². The molecule has 2 aromatic rings. The number of benzene rings is 1. The molecule has 0 aliphatic rings. The van der Waals surface area contributed by atoms with Crippen molar-refractivity contribution in [1.82, 2.24) is 9.55 Å². The third-order valence-corrected chi connectivity index (χ3v) is 3.12. The molecule has 19 heavy (non-hydrogen) atoms. The molecule has 0 saturated carbocycles. The van der Waals surface area contributed by atoms with Gasteiger partial charge in [0.2, 0.25) is 0 Å². The fourth-order valence-corrected chi connectivity index (χ4v) is 2.33. The first-order chi connectivity index (χ1) is 9.27. The second-order valence-electron chi connectivity index (χ2n) is 3.92. The Hall–Kier alpha value is -1.62. The Morgan fingerprint density at radius 3 is 2.95 bits per heavy atom. The highest BCUT2D eigenvalue weighted by Gasteiger charge is 2.15. The van der Waals surface area contributed by atoms with E-state index in [1.165, 1.54) is 4.57 Å². The molecule has 0 fully saturated rings. The number of hydrogen-bond donors (Lipinski definition) is 0. The predicted octanol–water partition coefficient (Wildman–Crippen LogP) is 3.49. The molecule has 0 amide bonds. The Kier molecular flexibility index (Phi) is 4.74. The Balaban J connectivity index is 2.42. The summed E-state index contributed by atoms with van der Waals surface area (Å²) < 4.78 is 6.46. The summed E-state index contributed by atoms with van der Waals surface area (Å²) in [6, 6.07) is 7.94. The molecule has 0 N–H and O–H groups in total. The summed E-state index contributed by atoms with van der Waals surface area (Å²) in [6.45, 7) is 2.13. The van der Waals surface area contributed by atoms with Gasteiger partial charge in [0.05, 0.1) is 6.61 Å². The molecule has 4 nitrogen and oxygen atoms in total. The molecule has 0 unspecified atom stereocenters. The molecule has 0 spiro atoms. The SMILES string of the molecule is CCOC(=O)n1ccnc1-c1ccccc1CCBr. The van der Waals surface area contributed by atoms with Crippen molar-refractivity contribution in [3.8, 4) is 11.4 Å². The van der Waals surface area contributed by atoms with Crippen LogP contribution in [0.2, 0.25) is 0 Å². The zero-order valence-electron chi connectivity index (χ0n) is 10.7. The number of rotatable bonds is 4. The van der Waals surface area contributed by atoms with Gasteiger partial charge in [-0.1, -0.05) is 40.2 Å². The molecule has 1 aromatic heterocycles. The van der Waals surface area contributed by atoms with Gasteiger partial charge in [-0.2, -0.15) is 0 Å². The monoisotopic (exact) mass is 322 g/mol. The van der Waals surface area contributed by atoms with Crippen LogP contribution in [0, 0.1) is 0 Å². The first kappa shape index (κ1) is 13.8. The highest BCUT2D eigenvalue weighted by molar-refractivity contribution is 9.09. The third kappa shape index (κ3) is 3.04. The fourth-order valence-electron chi connectivity index (χ4n) is 1.90. The van der Waals surface area contributed by atoms with Crippen LogP contribution in [0.5, 0.6) is 0 Å². The average Bonchev–Trinajstić information content (AvgIpc) is 2.89. The number of nitrogens with zero attached hydrogens (tertiary/aromatic N) is 2. The summed E-state index contributed by atoms with van der Waals surface area (Å²) in [7, 11) is 0. The van der Waals surface area contributed by atoms with Crippen molar-refractivity contribution in [2.24, 2.45) is 0 Å². The first-order valence-electron chi connectivity index (χ1n) is 6.12. The van der Waals surface area contributed by atoms with Gasteiger partial charge in [-0.25, -0.2) is 14.3 Å². The van der Waals surface area contributed by atoms with Crippen molar-refractivity contribution in [3.63, 3.8) is 0 Å². The normalized spacial score (nSPS) is 10.4. The molecule has 5 heteroatoms. The van der Waals surface area contributed by atoms with Crippen LogP contribution in [-0.4, -0.2) is 27.6 Å². The van der Waals surface area contributed by atoms with Crippen molar-refractivity contribution in [1.29, 1.82) is 0 Å². The minimum Gasteiger partial charge on any atom is -0.449 e. The van der Waals surface area contributed by atoms with Crippen LogP contribution < -0.4 is 0 Å². The summed E-state index contributed by atoms with van der Waals surface area (Å²) in [6.07, 6.45) is 3.71. The molecular formula is C14H15BrN2O2. The van der Waals surface area contributed by atoms with Crippen LogP contribution in [0.15, 0.2) is 36.7 Å². The van der Waals surface area contributed by atoms with E-state index >= 15 is 0 Å². The number of aryl methyl sites for hydroxylation is 1. The maximum Gasteiger partial charge on any atom is 0.419 e. The average molecular weight is 323 g/mol. The Morgan fingerprint density at radius 1 is 1.42 bits per heavy atom. The highest BCUT2D eigenvalue weighted by atomic mass is 79.9. The van der Waals surface area contributed by atoms with Gasteiger partial charge in [0.15, 0.2) is 0 Å². The molecule has 0 aliphatic heterocycles. The van der Waals surface area contributed by atoms with Gasteiger partial charge in [0.25, 0.3) is 0 Å². The number of carbonyl (C=O) groups is 1. The topological polar surface area (TPSA) is 44.1 Å². The van der Waals surface area contributed by atoms with Crippen LogP contribution in [0.1, 0.15) is 12.5 Å². The molecule has 0 aliphatic carbocycles. The lowest BCUT2D eigenvalue weighted by Crippen LogP contribution is -2.14. The number of ether oxygens (including phenoxy) is 1. The molecule has 1 heterocycles. The second kappa shape index (κ2) is 6.52. The maximum atomic E-state index is 11.9. The second-order valence-corrected chi connectivity index (χ2v) is 4.71. The standard InChI is InChI=1S/C14H15BrN2O2/c1-2-19-14(18)17-10-9-16-13(17)12-6-4-3-5-11(12)7-8-15/h3-6,9-10H,2,7-8H2,1H3. The van der Waals surface area contributed by atoms with Gasteiger partial charge in [0, 0.05) is 23.3 Å². The van der Waals surface area contributed by atoms with Crippen LogP contribution in [0.3, 0.4) is 0 Å². The van der Waals surface area contributed by atoms with Crippen molar-refractivity contribution in [3.05, 3.63) is 42.2 Å². The zero-order chi connectivity index (χ0) is 13.7. The summed E-state index contributed by atoms with van der Waals surface area (Å²) in [5.74, 6) is 0.620. The van der Waals surface area contributed by atoms with E-state index in [-0.39, 0.29) is 0 Å². The third-order valence-electron chi connectivity index (χ3n) is 2.73. The number of carbonyl (C=O) groups excluding carboxylic acids is 1. The lowest BCUT2D eigenvalue weighted by Gasteiger charge is -2.10. The Labute approximate surface area is 120 Å². The van der Waals surface area contributed by atoms with Crippen LogP contribution in [0.25, 0.3) is 11.4 Å². The number of hydrogen-bond acceptors (Lipinski definition) is 3. The molecule has 0 bridgehead atoms. The van der Waals surface area contributed by atoms with Gasteiger partial charge >= 0.3 is 6.09 Å². The maximum absolute atomic E-state index is 11.9. The van der Waals surface area contributed by atoms with E-state index in [4.69, 9.17) is 4.74 Å². The smallest absolute Gasteiger partial charge is 0.419 e. The van der Waals surface area contributed by atoms with Gasteiger partial charge in [-0.05, 0) is 18.9 Å². The van der Waals surface area contributed by atoms with Crippen LogP contribution in [-0.2, 0) is 11.2 Å². The largest absolute Gasteiger partial charge is 0.449 e. The Morgan fingerprint density at radius 2 is 2.21 bits per heavy atom. The Bertz CT molecular complexity index is 566. The van der Waals surface area contributed by atoms with Crippen molar-refractivity contribution >= 4 is 22.0 Å². The number of aromatic nitrogens is 2. The van der Waals surface area contributed by atoms with E-state index in [9.17, 15) is 4.79 Å². The van der Waals surface area contributed by atoms with Crippen molar-refractivity contribution in [2.75, 3.05) is 11.9 Å². The predicted molar refractivity (Wildman–Crippen MR) is 77.6 cm³/mol. The summed E-state index contributed by atoms with van der Waals surface area (Å²) in [4.78, 5) is 16.1. The summed E-state index contributed by atoms with van der Waals surface area (Å²) in [5.41, 5.74) is 2.11. The number of halogens is 1. The van der Waals surface area contributed by atoms with E-state index in [1.807, 2.05) is 24.3 Å². The summed E-state index contributed by atoms with van der Waals surface area (Å²) >= 11 is 3.44. The first-order valence-corrected chi connectivity index (χ1v) is 7.24. The molecule has 0 saturated heterocycles. The van der Waals surface area contributed by atoms with Gasteiger partial charge in [-0.15, -0.1) is 0 Å². The van der Waals surface area contributed by atoms with E-state index in [0.717, 1.165) is 22.9 Å². The quantitative estimate of drug-likeness (QED) is 0.809. The number of imidazole rings is 1. The van der Waals surface area contributed by atoms with E-state index in [0.29, 0.717) is 12.4 Å². The van der Waals surface area contributed by atoms with E-state index in [1.54, 1.807) is 19.3 Å². The highest BCUT2D eigenvalue weighted by Crippen LogP contribution is 2.23. The van der Waals surface area contributed by atoms with Gasteiger partial charge < -0.3 is 4.74 Å². The summed E-state index contributed by atoms with van der Waals surface area (Å²) in [5, 5.41) is 0.865. The lowest BCUT2D eigenvalue weighted by molar-refractivity contribution is 0.154.